The highest BCUT2D eigenvalue weighted by molar-refractivity contribution is 5.51. The molecule has 0 spiro atoms. The van der Waals surface area contributed by atoms with E-state index in [9.17, 15) is 0 Å². The highest BCUT2D eigenvalue weighted by Crippen LogP contribution is 2.44. The van der Waals surface area contributed by atoms with Crippen LogP contribution in [0.25, 0.3) is 0 Å². The minimum Gasteiger partial charge on any atom is -0.437 e. The van der Waals surface area contributed by atoms with Crippen molar-refractivity contribution >= 4 is 5.82 Å². The summed E-state index contributed by atoms with van der Waals surface area (Å²) >= 11 is 0. The monoisotopic (exact) mass is 243 g/mol. The molecular weight excluding hydrogens is 226 g/mol. The van der Waals surface area contributed by atoms with E-state index in [0.717, 1.165) is 17.1 Å². The van der Waals surface area contributed by atoms with Crippen molar-refractivity contribution in [1.82, 2.24) is 9.78 Å². The molecule has 1 heterocycles. The van der Waals surface area contributed by atoms with E-state index in [-0.39, 0.29) is 0 Å². The van der Waals surface area contributed by atoms with Crippen LogP contribution in [0.5, 0.6) is 11.6 Å². The Bertz CT molecular complexity index is 544. The average Bonchev–Trinajstić information content (AvgIpc) is 2.57. The molecule has 0 unspecified atom stereocenters. The van der Waals surface area contributed by atoms with Crippen molar-refractivity contribution < 1.29 is 4.74 Å². The second-order valence-electron chi connectivity index (χ2n) is 4.77. The predicted molar refractivity (Wildman–Crippen MR) is 70.7 cm³/mol. The highest BCUT2D eigenvalue weighted by Gasteiger charge is 2.29. The molecule has 4 nitrogen and oxygen atoms in total. The Morgan fingerprint density at radius 3 is 2.61 bits per heavy atom. The fourth-order valence-corrected chi connectivity index (χ4v) is 2.28. The number of nitrogen functional groups attached to an aromatic ring is 1. The van der Waals surface area contributed by atoms with Gasteiger partial charge < -0.3 is 10.5 Å². The first-order valence-corrected chi connectivity index (χ1v) is 6.31. The standard InChI is InChI=1S/C14H17N3O/c1-17-13(15)12(10-6-5-7-10)14(16-17)18-11-8-3-2-4-9-11/h2-4,8-10H,5-7,15H2,1H3. The van der Waals surface area contributed by atoms with Gasteiger partial charge in [0.15, 0.2) is 0 Å². The largest absolute Gasteiger partial charge is 0.437 e. The van der Waals surface area contributed by atoms with Crippen LogP contribution in [0.2, 0.25) is 0 Å². The molecule has 0 radical (unpaired) electrons. The van der Waals surface area contributed by atoms with E-state index in [2.05, 4.69) is 5.10 Å². The molecule has 94 valence electrons. The lowest BCUT2D eigenvalue weighted by Crippen LogP contribution is -2.11. The molecule has 1 fully saturated rings. The van der Waals surface area contributed by atoms with E-state index in [1.165, 1.54) is 19.3 Å². The number of anilines is 1. The summed E-state index contributed by atoms with van der Waals surface area (Å²) in [6.45, 7) is 0. The highest BCUT2D eigenvalue weighted by atomic mass is 16.5. The van der Waals surface area contributed by atoms with E-state index in [1.54, 1.807) is 4.68 Å². The quantitative estimate of drug-likeness (QED) is 0.901. The first-order valence-electron chi connectivity index (χ1n) is 6.31. The summed E-state index contributed by atoms with van der Waals surface area (Å²) < 4.78 is 7.56. The molecule has 4 heteroatoms. The van der Waals surface area contributed by atoms with Crippen molar-refractivity contribution in [2.24, 2.45) is 7.05 Å². The lowest BCUT2D eigenvalue weighted by molar-refractivity contribution is 0.393. The number of ether oxygens (including phenoxy) is 1. The number of hydrogen-bond acceptors (Lipinski definition) is 3. The van der Waals surface area contributed by atoms with Gasteiger partial charge in [0.25, 0.3) is 0 Å². The summed E-state index contributed by atoms with van der Waals surface area (Å²) in [6, 6.07) is 9.71. The molecule has 2 N–H and O–H groups in total. The average molecular weight is 243 g/mol. The molecule has 18 heavy (non-hydrogen) atoms. The van der Waals surface area contributed by atoms with E-state index >= 15 is 0 Å². The molecule has 0 bridgehead atoms. The number of nitrogens with zero attached hydrogens (tertiary/aromatic N) is 2. The third kappa shape index (κ3) is 1.83. The minimum atomic E-state index is 0.511. The Hall–Kier alpha value is -1.97. The fourth-order valence-electron chi connectivity index (χ4n) is 2.28. The summed E-state index contributed by atoms with van der Waals surface area (Å²) in [7, 11) is 1.86. The Labute approximate surface area is 106 Å². The van der Waals surface area contributed by atoms with Gasteiger partial charge in [0.2, 0.25) is 5.88 Å². The summed E-state index contributed by atoms with van der Waals surface area (Å²) in [5.74, 6) is 2.70. The van der Waals surface area contributed by atoms with Gasteiger partial charge in [0.05, 0.1) is 5.56 Å². The van der Waals surface area contributed by atoms with Crippen LogP contribution < -0.4 is 10.5 Å². The second-order valence-corrected chi connectivity index (χ2v) is 4.77. The maximum absolute atomic E-state index is 6.09. The van der Waals surface area contributed by atoms with Crippen molar-refractivity contribution in [1.29, 1.82) is 0 Å². The van der Waals surface area contributed by atoms with Crippen molar-refractivity contribution in [3.63, 3.8) is 0 Å². The summed E-state index contributed by atoms with van der Waals surface area (Å²) in [5.41, 5.74) is 7.16. The number of hydrogen-bond donors (Lipinski definition) is 1. The molecule has 0 aliphatic heterocycles. The number of benzene rings is 1. The van der Waals surface area contributed by atoms with Crippen LogP contribution in [0.1, 0.15) is 30.7 Å². The smallest absolute Gasteiger partial charge is 0.243 e. The van der Waals surface area contributed by atoms with Gasteiger partial charge in [-0.25, -0.2) is 4.68 Å². The zero-order chi connectivity index (χ0) is 12.5. The first-order chi connectivity index (χ1) is 8.75. The third-order valence-corrected chi connectivity index (χ3v) is 3.57. The van der Waals surface area contributed by atoms with Crippen molar-refractivity contribution in [2.75, 3.05) is 5.73 Å². The van der Waals surface area contributed by atoms with Gasteiger partial charge in [-0.2, -0.15) is 0 Å². The summed E-state index contributed by atoms with van der Waals surface area (Å²) in [5, 5.41) is 4.38. The van der Waals surface area contributed by atoms with Gasteiger partial charge in [-0.15, -0.1) is 5.10 Å². The lowest BCUT2D eigenvalue weighted by Gasteiger charge is -2.25. The van der Waals surface area contributed by atoms with Gasteiger partial charge >= 0.3 is 0 Å². The Morgan fingerprint density at radius 2 is 2.00 bits per heavy atom. The van der Waals surface area contributed by atoms with Gasteiger partial charge in [-0.05, 0) is 30.9 Å². The zero-order valence-electron chi connectivity index (χ0n) is 10.5. The molecule has 3 rings (SSSR count). The van der Waals surface area contributed by atoms with Crippen LogP contribution >= 0.6 is 0 Å². The SMILES string of the molecule is Cn1nc(Oc2ccccc2)c(C2CCC2)c1N. The molecule has 1 aliphatic carbocycles. The van der Waals surface area contributed by atoms with Crippen molar-refractivity contribution in [3.8, 4) is 11.6 Å². The minimum absolute atomic E-state index is 0.511. The zero-order valence-corrected chi connectivity index (χ0v) is 10.5. The Morgan fingerprint density at radius 1 is 1.28 bits per heavy atom. The molecule has 0 saturated heterocycles. The number of aryl methyl sites for hydroxylation is 1. The lowest BCUT2D eigenvalue weighted by atomic mass is 9.80. The molecular formula is C14H17N3O. The van der Waals surface area contributed by atoms with Crippen LogP contribution in [-0.2, 0) is 7.05 Å². The molecule has 1 aromatic heterocycles. The predicted octanol–water partition coefficient (Wildman–Crippen LogP) is 3.06. The normalized spacial score (nSPS) is 15.4. The van der Waals surface area contributed by atoms with Gasteiger partial charge in [0, 0.05) is 7.05 Å². The third-order valence-electron chi connectivity index (χ3n) is 3.57. The van der Waals surface area contributed by atoms with Crippen LogP contribution in [0.15, 0.2) is 30.3 Å². The number of rotatable bonds is 3. The van der Waals surface area contributed by atoms with Crippen molar-refractivity contribution in [3.05, 3.63) is 35.9 Å². The second kappa shape index (κ2) is 4.37. The number of aromatic nitrogens is 2. The molecule has 1 aliphatic rings. The van der Waals surface area contributed by atoms with Crippen LogP contribution in [0, 0.1) is 0 Å². The Balaban J connectivity index is 1.94. The number of nitrogens with two attached hydrogens (primary N) is 1. The summed E-state index contributed by atoms with van der Waals surface area (Å²) in [6.07, 6.45) is 3.63. The molecule has 2 aromatic rings. The Kier molecular flexibility index (Phi) is 2.70. The van der Waals surface area contributed by atoms with Crippen LogP contribution in [-0.4, -0.2) is 9.78 Å². The van der Waals surface area contributed by atoms with Gasteiger partial charge in [-0.3, -0.25) is 0 Å². The van der Waals surface area contributed by atoms with E-state index in [4.69, 9.17) is 10.5 Å². The maximum Gasteiger partial charge on any atom is 0.243 e. The van der Waals surface area contributed by atoms with Gasteiger partial charge in [-0.1, -0.05) is 24.6 Å². The number of para-hydroxylation sites is 1. The molecule has 1 aromatic carbocycles. The molecule has 0 atom stereocenters. The fraction of sp³-hybridized carbons (Fsp3) is 0.357. The maximum atomic E-state index is 6.09. The van der Waals surface area contributed by atoms with E-state index in [1.807, 2.05) is 37.4 Å². The summed E-state index contributed by atoms with van der Waals surface area (Å²) in [4.78, 5) is 0. The molecule has 1 saturated carbocycles. The van der Waals surface area contributed by atoms with Crippen molar-refractivity contribution in [2.45, 2.75) is 25.2 Å². The van der Waals surface area contributed by atoms with E-state index in [0.29, 0.717) is 11.8 Å². The topological polar surface area (TPSA) is 53.1 Å². The molecule has 0 amide bonds. The first kappa shape index (κ1) is 11.1. The van der Waals surface area contributed by atoms with Gasteiger partial charge in [0.1, 0.15) is 11.6 Å². The van der Waals surface area contributed by atoms with Crippen LogP contribution in [0.4, 0.5) is 5.82 Å². The van der Waals surface area contributed by atoms with Crippen LogP contribution in [0.3, 0.4) is 0 Å². The van der Waals surface area contributed by atoms with E-state index < -0.39 is 0 Å².